The molecule has 6 nitrogen and oxygen atoms in total. The van der Waals surface area contributed by atoms with Gasteiger partial charge in [0, 0.05) is 23.1 Å². The van der Waals surface area contributed by atoms with Crippen LogP contribution in [0.2, 0.25) is 0 Å². The number of thioether (sulfide) groups is 1. The molecule has 2 aromatic carbocycles. The van der Waals surface area contributed by atoms with Crippen molar-refractivity contribution < 1.29 is 14.3 Å². The monoisotopic (exact) mass is 405 g/mol. The van der Waals surface area contributed by atoms with Crippen molar-refractivity contribution in [3.63, 3.8) is 0 Å². The Labute approximate surface area is 172 Å². The lowest BCUT2D eigenvalue weighted by Gasteiger charge is -2.12. The smallest absolute Gasteiger partial charge is 0.249 e. The normalized spacial score (nSPS) is 14.4. The predicted molar refractivity (Wildman–Crippen MR) is 114 cm³/mol. The van der Waals surface area contributed by atoms with E-state index >= 15 is 0 Å². The number of nitrogens with zero attached hydrogens (tertiary/aromatic N) is 2. The number of amides is 1. The molecule has 3 heterocycles. The summed E-state index contributed by atoms with van der Waals surface area (Å²) in [5.74, 6) is 3.69. The Morgan fingerprint density at radius 1 is 1.17 bits per heavy atom. The fourth-order valence-electron chi connectivity index (χ4n) is 3.46. The van der Waals surface area contributed by atoms with E-state index < -0.39 is 0 Å². The van der Waals surface area contributed by atoms with Crippen LogP contribution in [0.15, 0.2) is 48.5 Å². The summed E-state index contributed by atoms with van der Waals surface area (Å²) in [5, 5.41) is 7.80. The first-order valence-corrected chi connectivity index (χ1v) is 10.5. The van der Waals surface area contributed by atoms with Gasteiger partial charge < -0.3 is 14.8 Å². The molecule has 0 saturated heterocycles. The summed E-state index contributed by atoms with van der Waals surface area (Å²) < 4.78 is 12.6. The minimum Gasteiger partial charge on any atom is -0.454 e. The zero-order valence-corrected chi connectivity index (χ0v) is 16.7. The molecule has 7 heteroatoms. The van der Waals surface area contributed by atoms with Gasteiger partial charge in [-0.25, -0.2) is 4.68 Å². The number of benzene rings is 2. The van der Waals surface area contributed by atoms with Crippen LogP contribution in [0.5, 0.6) is 11.5 Å². The maximum Gasteiger partial charge on any atom is 0.249 e. The first-order valence-electron chi connectivity index (χ1n) is 9.32. The molecule has 0 fully saturated rings. The number of ether oxygens (including phenoxy) is 2. The van der Waals surface area contributed by atoms with Gasteiger partial charge in [0.05, 0.1) is 11.4 Å². The van der Waals surface area contributed by atoms with E-state index in [1.165, 1.54) is 6.08 Å². The Bertz CT molecular complexity index is 1140. The number of anilines is 1. The topological polar surface area (TPSA) is 65.4 Å². The maximum atomic E-state index is 12.7. The van der Waals surface area contributed by atoms with Crippen molar-refractivity contribution in [1.29, 1.82) is 0 Å². The molecule has 2 aliphatic rings. The second-order valence-electron chi connectivity index (χ2n) is 6.90. The lowest BCUT2D eigenvalue weighted by atomic mass is 10.2. The Hall–Kier alpha value is -3.19. The van der Waals surface area contributed by atoms with Crippen LogP contribution >= 0.6 is 11.8 Å². The van der Waals surface area contributed by atoms with Crippen molar-refractivity contribution in [2.24, 2.45) is 0 Å². The molecular weight excluding hydrogens is 386 g/mol. The third kappa shape index (κ3) is 3.38. The van der Waals surface area contributed by atoms with Crippen molar-refractivity contribution in [2.45, 2.75) is 18.4 Å². The van der Waals surface area contributed by atoms with Gasteiger partial charge in [-0.3, -0.25) is 4.79 Å². The summed E-state index contributed by atoms with van der Waals surface area (Å²) >= 11 is 1.81. The molecule has 0 bridgehead atoms. The van der Waals surface area contributed by atoms with Crippen LogP contribution in [-0.2, 0) is 16.3 Å². The Morgan fingerprint density at radius 2 is 2.03 bits per heavy atom. The van der Waals surface area contributed by atoms with Crippen LogP contribution in [0.4, 0.5) is 5.82 Å². The van der Waals surface area contributed by atoms with E-state index in [1.54, 1.807) is 6.08 Å². The average molecular weight is 405 g/mol. The van der Waals surface area contributed by atoms with Gasteiger partial charge in [-0.15, -0.1) is 0 Å². The lowest BCUT2D eigenvalue weighted by Crippen LogP contribution is -2.14. The standard InChI is InChI=1S/C22H19N3O3S/c1-14-4-2-3-5-18(14)25-22(16-11-29-12-17(16)24-25)23-21(26)9-7-15-6-8-19-20(10-15)28-13-27-19/h2-10H,11-13H2,1H3,(H,23,26)/b9-7+. The van der Waals surface area contributed by atoms with Crippen molar-refractivity contribution >= 4 is 29.6 Å². The largest absolute Gasteiger partial charge is 0.454 e. The summed E-state index contributed by atoms with van der Waals surface area (Å²) in [6.45, 7) is 2.27. The minimum atomic E-state index is -0.197. The highest BCUT2D eigenvalue weighted by Gasteiger charge is 2.24. The highest BCUT2D eigenvalue weighted by atomic mass is 32.2. The number of aromatic nitrogens is 2. The molecule has 0 saturated carbocycles. The molecule has 3 aromatic rings. The van der Waals surface area contributed by atoms with Gasteiger partial charge in [0.2, 0.25) is 12.7 Å². The van der Waals surface area contributed by atoms with Gasteiger partial charge in [-0.05, 0) is 42.3 Å². The molecule has 146 valence electrons. The number of hydrogen-bond acceptors (Lipinski definition) is 5. The molecule has 29 heavy (non-hydrogen) atoms. The molecule has 1 aromatic heterocycles. The SMILES string of the molecule is Cc1ccccc1-n1nc2c(c1NC(=O)/C=C/c1ccc3c(c1)OCO3)CSC2. The predicted octanol–water partition coefficient (Wildman–Crippen LogP) is 4.31. The third-order valence-corrected chi connectivity index (χ3v) is 5.93. The second kappa shape index (κ2) is 7.33. The minimum absolute atomic E-state index is 0.197. The Morgan fingerprint density at radius 3 is 2.93 bits per heavy atom. The number of carbonyl (C=O) groups excluding carboxylic acids is 1. The zero-order valence-electron chi connectivity index (χ0n) is 15.8. The van der Waals surface area contributed by atoms with E-state index in [2.05, 4.69) is 5.32 Å². The molecule has 0 unspecified atom stereocenters. The van der Waals surface area contributed by atoms with Crippen LogP contribution in [-0.4, -0.2) is 22.5 Å². The molecule has 0 spiro atoms. The summed E-state index contributed by atoms with van der Waals surface area (Å²) in [6, 6.07) is 13.6. The van der Waals surface area contributed by atoms with Crippen LogP contribution in [0.3, 0.4) is 0 Å². The first-order chi connectivity index (χ1) is 14.2. The van der Waals surface area contributed by atoms with Crippen LogP contribution < -0.4 is 14.8 Å². The van der Waals surface area contributed by atoms with Crippen molar-refractivity contribution in [1.82, 2.24) is 9.78 Å². The Kier molecular flexibility index (Phi) is 4.52. The highest BCUT2D eigenvalue weighted by Crippen LogP contribution is 2.36. The van der Waals surface area contributed by atoms with Gasteiger partial charge in [-0.2, -0.15) is 16.9 Å². The van der Waals surface area contributed by atoms with Gasteiger partial charge in [0.15, 0.2) is 11.5 Å². The van der Waals surface area contributed by atoms with E-state index in [0.29, 0.717) is 5.75 Å². The highest BCUT2D eigenvalue weighted by molar-refractivity contribution is 7.98. The van der Waals surface area contributed by atoms with Crippen LogP contribution in [0.25, 0.3) is 11.8 Å². The fraction of sp³-hybridized carbons (Fsp3) is 0.182. The summed E-state index contributed by atoms with van der Waals surface area (Å²) in [5.41, 5.74) is 5.09. The number of hydrogen-bond donors (Lipinski definition) is 1. The van der Waals surface area contributed by atoms with Gasteiger partial charge >= 0.3 is 0 Å². The molecule has 1 amide bonds. The quantitative estimate of drug-likeness (QED) is 0.656. The van der Waals surface area contributed by atoms with E-state index in [1.807, 2.05) is 65.8 Å². The third-order valence-electron chi connectivity index (χ3n) is 4.96. The molecule has 2 aliphatic heterocycles. The Balaban J connectivity index is 1.41. The zero-order chi connectivity index (χ0) is 19.8. The number of aryl methyl sites for hydroxylation is 1. The molecule has 5 rings (SSSR count). The summed E-state index contributed by atoms with van der Waals surface area (Å²) in [4.78, 5) is 12.7. The number of carbonyl (C=O) groups is 1. The molecule has 0 atom stereocenters. The van der Waals surface area contributed by atoms with Gasteiger partial charge in [0.1, 0.15) is 5.82 Å². The number of para-hydroxylation sites is 1. The molecule has 1 N–H and O–H groups in total. The summed E-state index contributed by atoms with van der Waals surface area (Å²) in [6.07, 6.45) is 3.29. The van der Waals surface area contributed by atoms with Crippen molar-refractivity contribution in [3.8, 4) is 17.2 Å². The first kappa shape index (κ1) is 17.9. The molecule has 0 radical (unpaired) electrons. The lowest BCUT2D eigenvalue weighted by molar-refractivity contribution is -0.111. The van der Waals surface area contributed by atoms with E-state index in [0.717, 1.165) is 51.1 Å². The van der Waals surface area contributed by atoms with E-state index in [4.69, 9.17) is 14.6 Å². The molecular formula is C22H19N3O3S. The van der Waals surface area contributed by atoms with Crippen LogP contribution in [0.1, 0.15) is 22.4 Å². The van der Waals surface area contributed by atoms with Crippen molar-refractivity contribution in [2.75, 3.05) is 12.1 Å². The average Bonchev–Trinajstić information content (AvgIpc) is 3.44. The van der Waals surface area contributed by atoms with Crippen molar-refractivity contribution in [3.05, 3.63) is 70.9 Å². The van der Waals surface area contributed by atoms with Crippen LogP contribution in [0, 0.1) is 6.92 Å². The number of nitrogens with one attached hydrogen (secondary N) is 1. The number of fused-ring (bicyclic) bond motifs is 2. The fourth-order valence-corrected chi connectivity index (χ4v) is 4.50. The van der Waals surface area contributed by atoms with E-state index in [-0.39, 0.29) is 12.7 Å². The summed E-state index contributed by atoms with van der Waals surface area (Å²) in [7, 11) is 0. The van der Waals surface area contributed by atoms with E-state index in [9.17, 15) is 4.79 Å². The van der Waals surface area contributed by atoms with Gasteiger partial charge in [0.25, 0.3) is 0 Å². The maximum absolute atomic E-state index is 12.7. The second-order valence-corrected chi connectivity index (χ2v) is 7.89. The van der Waals surface area contributed by atoms with Gasteiger partial charge in [-0.1, -0.05) is 24.3 Å². The number of rotatable bonds is 4. The molecule has 0 aliphatic carbocycles.